The largest absolute Gasteiger partial charge is 0.493 e. The van der Waals surface area contributed by atoms with Gasteiger partial charge in [-0.15, -0.1) is 0 Å². The molecule has 3 aromatic rings. The fraction of sp³-hybridized carbons (Fsp3) is 0.522. The van der Waals surface area contributed by atoms with Crippen LogP contribution in [0.25, 0.3) is 11.7 Å². The smallest absolute Gasteiger partial charge is 0.407 e. The summed E-state index contributed by atoms with van der Waals surface area (Å²) >= 11 is 0. The van der Waals surface area contributed by atoms with Crippen molar-refractivity contribution in [1.82, 2.24) is 29.9 Å². The molecular formula is C23H30N8O5. The maximum atomic E-state index is 11.9. The highest BCUT2D eigenvalue weighted by atomic mass is 16.6. The highest BCUT2D eigenvalue weighted by Gasteiger charge is 2.24. The summed E-state index contributed by atoms with van der Waals surface area (Å²) in [5.74, 6) is 0.434. The molecular weight excluding hydrogens is 468 g/mol. The van der Waals surface area contributed by atoms with Crippen LogP contribution >= 0.6 is 0 Å². The zero-order valence-electron chi connectivity index (χ0n) is 20.0. The van der Waals surface area contributed by atoms with Gasteiger partial charge >= 0.3 is 11.8 Å². The number of fused-ring (bicyclic) bond motifs is 1. The Labute approximate surface area is 205 Å². The van der Waals surface area contributed by atoms with Crippen molar-refractivity contribution < 1.29 is 19.4 Å². The predicted octanol–water partition coefficient (Wildman–Crippen LogP) is 0.158. The maximum absolute atomic E-state index is 11.9. The second-order valence-corrected chi connectivity index (χ2v) is 9.15. The summed E-state index contributed by atoms with van der Waals surface area (Å²) < 4.78 is 11.7. The van der Waals surface area contributed by atoms with E-state index in [0.29, 0.717) is 28.8 Å². The van der Waals surface area contributed by atoms with Gasteiger partial charge in [-0.25, -0.2) is 14.6 Å². The predicted molar refractivity (Wildman–Crippen MR) is 129 cm³/mol. The molecule has 0 unspecified atom stereocenters. The first-order chi connectivity index (χ1) is 17.5. The molecule has 0 aromatic carbocycles. The fourth-order valence-electron chi connectivity index (χ4n) is 4.29. The Hall–Kier alpha value is -3.87. The molecule has 2 saturated carbocycles. The second kappa shape index (κ2) is 10.4. The monoisotopic (exact) mass is 498 g/mol. The van der Waals surface area contributed by atoms with Crippen molar-refractivity contribution in [3.05, 3.63) is 39.1 Å². The molecule has 3 aromatic heterocycles. The number of aromatic hydroxyl groups is 1. The van der Waals surface area contributed by atoms with E-state index in [2.05, 4.69) is 25.7 Å². The van der Waals surface area contributed by atoms with Crippen molar-refractivity contribution in [1.29, 1.82) is 0 Å². The third-order valence-corrected chi connectivity index (χ3v) is 6.30. The highest BCUT2D eigenvalue weighted by molar-refractivity contribution is 5.67. The van der Waals surface area contributed by atoms with E-state index < -0.39 is 11.8 Å². The Morgan fingerprint density at radius 2 is 2.00 bits per heavy atom. The molecule has 2 fully saturated rings. The van der Waals surface area contributed by atoms with Crippen LogP contribution in [0.5, 0.6) is 5.88 Å². The Balaban J connectivity index is 1.33. The number of aromatic nitrogens is 5. The number of rotatable bonds is 8. The number of carbonyl (C=O) groups excluding carboxylic acids is 1. The molecule has 0 aliphatic heterocycles. The van der Waals surface area contributed by atoms with Gasteiger partial charge in [-0.1, -0.05) is 0 Å². The summed E-state index contributed by atoms with van der Waals surface area (Å²) in [7, 11) is 1.56. The number of nitrogens with one attached hydrogen (secondary N) is 4. The molecule has 13 heteroatoms. The van der Waals surface area contributed by atoms with Gasteiger partial charge in [0.05, 0.1) is 18.8 Å². The molecule has 5 rings (SSSR count). The number of carbonyl (C=O) groups is 1. The summed E-state index contributed by atoms with van der Waals surface area (Å²) in [5, 5.41) is 21.5. The first kappa shape index (κ1) is 23.9. The molecule has 2 aliphatic rings. The number of hydrogen-bond donors (Lipinski definition) is 5. The third kappa shape index (κ3) is 5.67. The lowest BCUT2D eigenvalue weighted by molar-refractivity contribution is 0.0950. The van der Waals surface area contributed by atoms with Gasteiger partial charge in [0.15, 0.2) is 11.1 Å². The Kier molecular flexibility index (Phi) is 6.89. The van der Waals surface area contributed by atoms with Crippen LogP contribution in [0, 0.1) is 0 Å². The molecule has 0 saturated heterocycles. The van der Waals surface area contributed by atoms with E-state index in [-0.39, 0.29) is 36.3 Å². The molecule has 3 heterocycles. The molecule has 2 aliphatic carbocycles. The molecule has 36 heavy (non-hydrogen) atoms. The number of imidazole rings is 1. The number of alkyl carbamates (subject to hydrolysis) is 1. The third-order valence-electron chi connectivity index (χ3n) is 6.30. The maximum Gasteiger partial charge on any atom is 0.407 e. The number of amides is 1. The van der Waals surface area contributed by atoms with Gasteiger partial charge in [0.2, 0.25) is 5.88 Å². The van der Waals surface area contributed by atoms with Gasteiger partial charge in [0, 0.05) is 30.5 Å². The summed E-state index contributed by atoms with van der Waals surface area (Å²) in [6.07, 6.45) is 8.31. The first-order valence-corrected chi connectivity index (χ1v) is 12.1. The van der Waals surface area contributed by atoms with E-state index in [1.54, 1.807) is 23.9 Å². The molecule has 0 atom stereocenters. The Morgan fingerprint density at radius 1 is 1.22 bits per heavy atom. The van der Waals surface area contributed by atoms with E-state index in [1.807, 2.05) is 6.07 Å². The van der Waals surface area contributed by atoms with Crippen molar-refractivity contribution >= 4 is 23.6 Å². The second-order valence-electron chi connectivity index (χ2n) is 9.15. The minimum atomic E-state index is -0.497. The van der Waals surface area contributed by atoms with E-state index in [0.717, 1.165) is 38.5 Å². The van der Waals surface area contributed by atoms with Crippen LogP contribution in [-0.4, -0.2) is 74.2 Å². The summed E-state index contributed by atoms with van der Waals surface area (Å²) in [5.41, 5.74) is 1.02. The topological polar surface area (TPSA) is 171 Å². The summed E-state index contributed by atoms with van der Waals surface area (Å²) in [6, 6.07) is 2.45. The van der Waals surface area contributed by atoms with Crippen molar-refractivity contribution in [3.63, 3.8) is 0 Å². The average molecular weight is 499 g/mol. The molecule has 13 nitrogen and oxygen atoms in total. The van der Waals surface area contributed by atoms with Gasteiger partial charge in [0.1, 0.15) is 18.1 Å². The lowest BCUT2D eigenvalue weighted by atomic mass is 9.91. The van der Waals surface area contributed by atoms with Crippen LogP contribution in [0.4, 0.5) is 10.6 Å². The van der Waals surface area contributed by atoms with E-state index in [9.17, 15) is 14.7 Å². The first-order valence-electron chi connectivity index (χ1n) is 12.1. The number of methoxy groups -OCH3 is 1. The van der Waals surface area contributed by atoms with Gasteiger partial charge in [-0.2, -0.15) is 9.61 Å². The lowest BCUT2D eigenvalue weighted by Gasteiger charge is -2.29. The van der Waals surface area contributed by atoms with Crippen molar-refractivity contribution in [2.75, 3.05) is 25.6 Å². The highest BCUT2D eigenvalue weighted by Crippen LogP contribution is 2.23. The Morgan fingerprint density at radius 3 is 2.69 bits per heavy atom. The summed E-state index contributed by atoms with van der Waals surface area (Å²) in [6.45, 7) is 0.604. The fourth-order valence-corrected chi connectivity index (χ4v) is 4.29. The van der Waals surface area contributed by atoms with Gasteiger partial charge < -0.3 is 30.2 Å². The molecule has 1 amide bonds. The molecule has 0 bridgehead atoms. The van der Waals surface area contributed by atoms with Crippen molar-refractivity contribution in [2.24, 2.45) is 4.99 Å². The number of hydrogen-bond acceptors (Lipinski definition) is 9. The Bertz CT molecular complexity index is 1400. The number of ether oxygens (including phenoxy) is 2. The molecule has 192 valence electrons. The number of aromatic amines is 2. The standard InChI is InChI=1S/C23H30N8O5/c1-35-8-9-36-23(34)27-16-6-2-14(3-7-16)25-18-11-19(26-15-4-5-15)31-20(29-18)13(12-24-31)10-17-21(32)30-22(33)28-17/h10-12,14-16,25,32H,2-9H2,1H3,(H,27,34)(H2,28,30,33)/b13-10+,26-19?. The van der Waals surface area contributed by atoms with E-state index in [1.165, 1.54) is 0 Å². The minimum Gasteiger partial charge on any atom is -0.493 e. The number of nitrogens with zero attached hydrogens (tertiary/aromatic N) is 4. The quantitative estimate of drug-likeness (QED) is 0.273. The van der Waals surface area contributed by atoms with Gasteiger partial charge in [0.25, 0.3) is 0 Å². The molecule has 5 N–H and O–H groups in total. The zero-order valence-corrected chi connectivity index (χ0v) is 20.0. The van der Waals surface area contributed by atoms with Crippen LogP contribution in [-0.2, 0) is 9.47 Å². The van der Waals surface area contributed by atoms with Gasteiger partial charge in [-0.05, 0) is 44.6 Å². The SMILES string of the molecule is COCCOC(=O)NC1CCC(Nc2cc(=NC3CC3)n3nc/c(=C\c4[nH]c(=O)[nH]c4O)c3n2)CC1. The van der Waals surface area contributed by atoms with Crippen molar-refractivity contribution in [2.45, 2.75) is 56.7 Å². The molecule has 0 spiro atoms. The van der Waals surface area contributed by atoms with Crippen molar-refractivity contribution in [3.8, 4) is 5.88 Å². The lowest BCUT2D eigenvalue weighted by Crippen LogP contribution is -2.40. The normalized spacial score (nSPS) is 21.1. The number of anilines is 1. The summed E-state index contributed by atoms with van der Waals surface area (Å²) in [4.78, 5) is 37.8. The number of H-pyrrole nitrogens is 2. The average Bonchev–Trinajstić information content (AvgIpc) is 3.49. The van der Waals surface area contributed by atoms with Crippen LogP contribution in [0.2, 0.25) is 0 Å². The van der Waals surface area contributed by atoms with Crippen LogP contribution in [0.3, 0.4) is 0 Å². The van der Waals surface area contributed by atoms with Gasteiger partial charge in [-0.3, -0.25) is 9.98 Å². The van der Waals surface area contributed by atoms with Crippen LogP contribution in [0.15, 0.2) is 22.1 Å². The van der Waals surface area contributed by atoms with E-state index in [4.69, 9.17) is 19.5 Å². The minimum absolute atomic E-state index is 0.0705. The van der Waals surface area contributed by atoms with Crippen LogP contribution in [0.1, 0.15) is 44.2 Å². The zero-order chi connectivity index (χ0) is 25.1. The van der Waals surface area contributed by atoms with E-state index >= 15 is 0 Å². The molecule has 0 radical (unpaired) electrons. The van der Waals surface area contributed by atoms with Crippen LogP contribution < -0.4 is 27.0 Å².